The summed E-state index contributed by atoms with van der Waals surface area (Å²) < 4.78 is 19.2. The van der Waals surface area contributed by atoms with Crippen LogP contribution in [0.25, 0.3) is 10.9 Å². The topological polar surface area (TPSA) is 48.5 Å². The Hall–Kier alpha value is -2.53. The van der Waals surface area contributed by atoms with E-state index in [1.807, 2.05) is 39.3 Å². The fraction of sp³-hybridized carbons (Fsp3) is 0.263. The largest absolute Gasteiger partial charge is 0.504 e. The van der Waals surface area contributed by atoms with Gasteiger partial charge in [0, 0.05) is 17.1 Å². The quantitative estimate of drug-likeness (QED) is 0.742. The molecule has 126 valence electrons. The van der Waals surface area contributed by atoms with Crippen molar-refractivity contribution in [1.82, 2.24) is 9.88 Å². The summed E-state index contributed by atoms with van der Waals surface area (Å²) in [5, 5.41) is 10.8. The van der Waals surface area contributed by atoms with Crippen LogP contribution in [-0.4, -0.2) is 35.7 Å². The highest BCUT2D eigenvalue weighted by Crippen LogP contribution is 2.36. The van der Waals surface area contributed by atoms with Gasteiger partial charge in [0.2, 0.25) is 0 Å². The van der Waals surface area contributed by atoms with Gasteiger partial charge < -0.3 is 14.8 Å². The highest BCUT2D eigenvalue weighted by atomic mass is 19.1. The number of nitrogens with zero attached hydrogens (tertiary/aromatic N) is 1. The molecule has 5 heteroatoms. The highest BCUT2D eigenvalue weighted by Gasteiger charge is 2.22. The first-order chi connectivity index (χ1) is 11.5. The second kappa shape index (κ2) is 6.53. The molecule has 0 aliphatic carbocycles. The van der Waals surface area contributed by atoms with Gasteiger partial charge in [-0.2, -0.15) is 0 Å². The number of rotatable bonds is 5. The summed E-state index contributed by atoms with van der Waals surface area (Å²) in [5.41, 5.74) is 2.83. The zero-order valence-corrected chi connectivity index (χ0v) is 14.0. The van der Waals surface area contributed by atoms with Crippen LogP contribution in [0.1, 0.15) is 24.1 Å². The molecule has 0 aliphatic heterocycles. The van der Waals surface area contributed by atoms with Crippen LogP contribution in [0.3, 0.4) is 0 Å². The third-order valence-corrected chi connectivity index (χ3v) is 4.09. The molecule has 0 radical (unpaired) electrons. The molecule has 3 rings (SSSR count). The second-order valence-electron chi connectivity index (χ2n) is 5.96. The molecule has 0 spiro atoms. The van der Waals surface area contributed by atoms with Gasteiger partial charge in [0.25, 0.3) is 0 Å². The van der Waals surface area contributed by atoms with Crippen molar-refractivity contribution >= 4 is 10.9 Å². The summed E-state index contributed by atoms with van der Waals surface area (Å²) in [6.45, 7) is 2.35. The van der Waals surface area contributed by atoms with Crippen LogP contribution in [0.2, 0.25) is 0 Å². The van der Waals surface area contributed by atoms with Crippen molar-refractivity contribution in [3.05, 3.63) is 59.5 Å². The maximum atomic E-state index is 13.7. The standard InChI is InChI=1S/C19H21FN2O2/c1-4-24-18-9-12(5-8-17(18)23)19(22(2)3)15-11-21-16-7-6-13(20)10-14(15)16/h5-11,19,21,23H,4H2,1-3H3. The Morgan fingerprint density at radius 2 is 2.00 bits per heavy atom. The Kier molecular flexibility index (Phi) is 4.44. The van der Waals surface area contributed by atoms with Gasteiger partial charge in [-0.15, -0.1) is 0 Å². The minimum Gasteiger partial charge on any atom is -0.504 e. The van der Waals surface area contributed by atoms with E-state index in [-0.39, 0.29) is 17.6 Å². The Morgan fingerprint density at radius 3 is 2.71 bits per heavy atom. The molecule has 1 heterocycles. The number of halogens is 1. The molecule has 0 saturated heterocycles. The number of aromatic amines is 1. The Balaban J connectivity index is 2.13. The summed E-state index contributed by atoms with van der Waals surface area (Å²) in [5.74, 6) is 0.303. The van der Waals surface area contributed by atoms with Crippen molar-refractivity contribution in [2.24, 2.45) is 0 Å². The molecule has 1 atom stereocenters. The van der Waals surface area contributed by atoms with Crippen LogP contribution < -0.4 is 4.74 Å². The monoisotopic (exact) mass is 328 g/mol. The van der Waals surface area contributed by atoms with E-state index >= 15 is 0 Å². The minimum atomic E-state index is -0.262. The van der Waals surface area contributed by atoms with Gasteiger partial charge in [0.05, 0.1) is 12.6 Å². The molecule has 2 N–H and O–H groups in total. The molecule has 3 aromatic rings. The van der Waals surface area contributed by atoms with Gasteiger partial charge in [0.1, 0.15) is 5.82 Å². The molecular weight excluding hydrogens is 307 g/mol. The lowest BCUT2D eigenvalue weighted by Gasteiger charge is -2.25. The summed E-state index contributed by atoms with van der Waals surface area (Å²) in [6, 6.07) is 9.96. The molecule has 2 aromatic carbocycles. The molecule has 0 bridgehead atoms. The van der Waals surface area contributed by atoms with Crippen LogP contribution in [0.15, 0.2) is 42.6 Å². The molecule has 1 unspecified atom stereocenters. The van der Waals surface area contributed by atoms with Crippen LogP contribution in [0, 0.1) is 5.82 Å². The van der Waals surface area contributed by atoms with Gasteiger partial charge in [-0.25, -0.2) is 4.39 Å². The highest BCUT2D eigenvalue weighted by molar-refractivity contribution is 5.84. The lowest BCUT2D eigenvalue weighted by molar-refractivity contribution is 0.313. The molecular formula is C19H21FN2O2. The third kappa shape index (κ3) is 2.95. The average Bonchev–Trinajstić information content (AvgIpc) is 2.93. The first kappa shape index (κ1) is 16.3. The lowest BCUT2D eigenvalue weighted by atomic mass is 9.97. The number of aromatic hydroxyl groups is 1. The van der Waals surface area contributed by atoms with Crippen LogP contribution in [0.5, 0.6) is 11.5 Å². The van der Waals surface area contributed by atoms with Crippen LogP contribution >= 0.6 is 0 Å². The number of phenols is 1. The Morgan fingerprint density at radius 1 is 1.21 bits per heavy atom. The minimum absolute atomic E-state index is 0.0969. The van der Waals surface area contributed by atoms with Gasteiger partial charge >= 0.3 is 0 Å². The number of ether oxygens (including phenoxy) is 1. The van der Waals surface area contributed by atoms with E-state index in [4.69, 9.17) is 4.74 Å². The van der Waals surface area contributed by atoms with Gasteiger partial charge in [0.15, 0.2) is 11.5 Å². The fourth-order valence-corrected chi connectivity index (χ4v) is 3.07. The smallest absolute Gasteiger partial charge is 0.161 e. The number of aromatic nitrogens is 1. The van der Waals surface area contributed by atoms with Crippen LogP contribution in [0.4, 0.5) is 4.39 Å². The van der Waals surface area contributed by atoms with E-state index in [2.05, 4.69) is 9.88 Å². The SMILES string of the molecule is CCOc1cc(C(c2c[nH]c3ccc(F)cc23)N(C)C)ccc1O. The number of hydrogen-bond donors (Lipinski definition) is 2. The molecule has 0 saturated carbocycles. The van der Waals surface area contributed by atoms with Crippen molar-refractivity contribution in [2.45, 2.75) is 13.0 Å². The maximum Gasteiger partial charge on any atom is 0.161 e. The van der Waals surface area contributed by atoms with Gasteiger partial charge in [-0.1, -0.05) is 6.07 Å². The third-order valence-electron chi connectivity index (χ3n) is 4.09. The zero-order valence-electron chi connectivity index (χ0n) is 14.0. The summed E-state index contributed by atoms with van der Waals surface area (Å²) >= 11 is 0. The zero-order chi connectivity index (χ0) is 17.3. The average molecular weight is 328 g/mol. The maximum absolute atomic E-state index is 13.7. The number of phenolic OH excluding ortho intramolecular Hbond substituents is 1. The van der Waals surface area contributed by atoms with E-state index < -0.39 is 0 Å². The van der Waals surface area contributed by atoms with Crippen molar-refractivity contribution in [2.75, 3.05) is 20.7 Å². The molecule has 0 aliphatic rings. The van der Waals surface area contributed by atoms with Crippen molar-refractivity contribution in [3.63, 3.8) is 0 Å². The number of hydrogen-bond acceptors (Lipinski definition) is 3. The molecule has 24 heavy (non-hydrogen) atoms. The Bertz CT molecular complexity index is 858. The first-order valence-corrected chi connectivity index (χ1v) is 7.90. The van der Waals surface area contributed by atoms with Gasteiger partial charge in [-0.3, -0.25) is 4.90 Å². The van der Waals surface area contributed by atoms with Crippen molar-refractivity contribution in [1.29, 1.82) is 0 Å². The van der Waals surface area contributed by atoms with E-state index in [1.54, 1.807) is 18.2 Å². The Labute approximate surface area is 140 Å². The molecule has 0 fully saturated rings. The van der Waals surface area contributed by atoms with E-state index in [1.165, 1.54) is 6.07 Å². The summed E-state index contributed by atoms with van der Waals surface area (Å²) in [4.78, 5) is 5.25. The van der Waals surface area contributed by atoms with E-state index in [0.717, 1.165) is 22.0 Å². The van der Waals surface area contributed by atoms with E-state index in [0.29, 0.717) is 12.4 Å². The van der Waals surface area contributed by atoms with E-state index in [9.17, 15) is 9.50 Å². The van der Waals surface area contributed by atoms with Crippen LogP contribution in [-0.2, 0) is 0 Å². The summed E-state index contributed by atoms with van der Waals surface area (Å²) in [6.07, 6.45) is 1.90. The molecule has 1 aromatic heterocycles. The van der Waals surface area contributed by atoms with Crippen molar-refractivity contribution in [3.8, 4) is 11.5 Å². The molecule has 0 amide bonds. The predicted molar refractivity (Wildman–Crippen MR) is 93.1 cm³/mol. The number of H-pyrrole nitrogens is 1. The summed E-state index contributed by atoms with van der Waals surface area (Å²) in [7, 11) is 3.94. The fourth-order valence-electron chi connectivity index (χ4n) is 3.07. The molecule has 4 nitrogen and oxygen atoms in total. The van der Waals surface area contributed by atoms with Crippen molar-refractivity contribution < 1.29 is 14.2 Å². The normalized spacial score (nSPS) is 12.7. The first-order valence-electron chi connectivity index (χ1n) is 7.90. The second-order valence-corrected chi connectivity index (χ2v) is 5.96. The van der Waals surface area contributed by atoms with Gasteiger partial charge in [-0.05, 0) is 62.5 Å². The lowest BCUT2D eigenvalue weighted by Crippen LogP contribution is -2.21. The predicted octanol–water partition coefficient (Wildman–Crippen LogP) is 4.06. The number of fused-ring (bicyclic) bond motifs is 1. The number of benzene rings is 2. The number of nitrogens with one attached hydrogen (secondary N) is 1.